The van der Waals surface area contributed by atoms with Crippen molar-refractivity contribution in [2.45, 2.75) is 32.1 Å². The van der Waals surface area contributed by atoms with Crippen LogP contribution in [0.3, 0.4) is 0 Å². The summed E-state index contributed by atoms with van der Waals surface area (Å²) >= 11 is 1.08. The van der Waals surface area contributed by atoms with Crippen molar-refractivity contribution in [3.05, 3.63) is 23.3 Å². The third kappa shape index (κ3) is 4.01. The molecule has 1 fully saturated rings. The highest BCUT2D eigenvalue weighted by molar-refractivity contribution is 8.03. The van der Waals surface area contributed by atoms with Crippen LogP contribution in [0.4, 0.5) is 5.69 Å². The Morgan fingerprint density at radius 3 is 2.50 bits per heavy atom. The van der Waals surface area contributed by atoms with E-state index in [9.17, 15) is 9.59 Å². The van der Waals surface area contributed by atoms with Crippen LogP contribution in [0.1, 0.15) is 24.5 Å². The number of amides is 1. The van der Waals surface area contributed by atoms with Gasteiger partial charge in [0, 0.05) is 10.6 Å². The van der Waals surface area contributed by atoms with E-state index in [1.807, 2.05) is 38.3 Å². The zero-order valence-corrected chi connectivity index (χ0v) is 13.6. The van der Waals surface area contributed by atoms with E-state index in [0.29, 0.717) is 11.6 Å². The van der Waals surface area contributed by atoms with Crippen molar-refractivity contribution in [3.63, 3.8) is 0 Å². The lowest BCUT2D eigenvalue weighted by atomic mass is 10.1. The SMILES string of the molecule is Cc1cc(SC#N)cc(C)c1NC(=O)COC(=O)[C@H]1C[C@H]1C. The van der Waals surface area contributed by atoms with Crippen LogP contribution in [0.5, 0.6) is 0 Å². The fourth-order valence-corrected chi connectivity index (χ4v) is 2.88. The Kier molecular flexibility index (Phi) is 5.09. The molecule has 0 spiro atoms. The molecule has 6 heteroatoms. The molecule has 116 valence electrons. The molecular weight excluding hydrogens is 300 g/mol. The number of aryl methyl sites for hydroxylation is 2. The highest BCUT2D eigenvalue weighted by atomic mass is 32.2. The molecule has 22 heavy (non-hydrogen) atoms. The van der Waals surface area contributed by atoms with Crippen LogP contribution in [-0.4, -0.2) is 18.5 Å². The van der Waals surface area contributed by atoms with Gasteiger partial charge in [-0.05, 0) is 61.2 Å². The lowest BCUT2D eigenvalue weighted by Crippen LogP contribution is -2.22. The topological polar surface area (TPSA) is 79.2 Å². The average Bonchev–Trinajstić information content (AvgIpc) is 3.18. The van der Waals surface area contributed by atoms with Crippen molar-refractivity contribution >= 4 is 29.3 Å². The molecule has 1 aliphatic rings. The highest BCUT2D eigenvalue weighted by Gasteiger charge is 2.40. The van der Waals surface area contributed by atoms with E-state index in [4.69, 9.17) is 10.00 Å². The molecule has 1 saturated carbocycles. The van der Waals surface area contributed by atoms with E-state index in [0.717, 1.165) is 34.2 Å². The summed E-state index contributed by atoms with van der Waals surface area (Å²) in [6, 6.07) is 3.68. The maximum absolute atomic E-state index is 11.9. The van der Waals surface area contributed by atoms with E-state index < -0.39 is 0 Å². The molecule has 0 bridgehead atoms. The quantitative estimate of drug-likeness (QED) is 0.513. The zero-order valence-electron chi connectivity index (χ0n) is 12.8. The molecule has 0 aromatic heterocycles. The molecule has 1 aliphatic carbocycles. The first kappa shape index (κ1) is 16.4. The number of rotatable bonds is 5. The first-order valence-corrected chi connectivity index (χ1v) is 7.87. The van der Waals surface area contributed by atoms with Gasteiger partial charge in [-0.1, -0.05) is 6.92 Å². The fourth-order valence-electron chi connectivity index (χ4n) is 2.30. The molecule has 1 N–H and O–H groups in total. The van der Waals surface area contributed by atoms with Crippen molar-refractivity contribution in [2.24, 2.45) is 11.8 Å². The highest BCUT2D eigenvalue weighted by Crippen LogP contribution is 2.38. The van der Waals surface area contributed by atoms with Crippen LogP contribution in [0.2, 0.25) is 0 Å². The molecule has 0 aliphatic heterocycles. The molecule has 1 aromatic carbocycles. The first-order chi connectivity index (χ1) is 10.4. The van der Waals surface area contributed by atoms with Crippen LogP contribution in [0.15, 0.2) is 17.0 Å². The number of carbonyl (C=O) groups is 2. The standard InChI is InChI=1S/C16H18N2O3S/c1-9-6-13(9)16(20)21-7-14(19)18-15-10(2)4-12(22-8-17)5-11(15)3/h4-5,9,13H,6-7H2,1-3H3,(H,18,19)/t9-,13+/m1/s1. The van der Waals surface area contributed by atoms with Gasteiger partial charge in [0.2, 0.25) is 0 Å². The van der Waals surface area contributed by atoms with Gasteiger partial charge in [0.1, 0.15) is 5.40 Å². The van der Waals surface area contributed by atoms with Crippen LogP contribution in [0.25, 0.3) is 0 Å². The number of thiocyanates is 1. The molecule has 5 nitrogen and oxygen atoms in total. The van der Waals surface area contributed by atoms with Gasteiger partial charge in [0.25, 0.3) is 5.91 Å². The van der Waals surface area contributed by atoms with Crippen LogP contribution in [-0.2, 0) is 14.3 Å². The van der Waals surface area contributed by atoms with E-state index in [1.165, 1.54) is 0 Å². The summed E-state index contributed by atoms with van der Waals surface area (Å²) in [5.74, 6) is -0.325. The fraction of sp³-hybridized carbons (Fsp3) is 0.438. The Morgan fingerprint density at radius 1 is 1.41 bits per heavy atom. The maximum atomic E-state index is 11.9. The summed E-state index contributed by atoms with van der Waals surface area (Å²) in [4.78, 5) is 24.3. The number of nitrogens with zero attached hydrogens (tertiary/aromatic N) is 1. The van der Waals surface area contributed by atoms with E-state index in [1.54, 1.807) is 0 Å². The van der Waals surface area contributed by atoms with Crippen LogP contribution < -0.4 is 5.32 Å². The Hall–Kier alpha value is -2.00. The third-order valence-electron chi connectivity index (χ3n) is 3.69. The molecule has 0 saturated heterocycles. The van der Waals surface area contributed by atoms with E-state index >= 15 is 0 Å². The normalized spacial score (nSPS) is 19.2. The molecule has 0 heterocycles. The molecule has 2 atom stereocenters. The van der Waals surface area contributed by atoms with Gasteiger partial charge < -0.3 is 10.1 Å². The van der Waals surface area contributed by atoms with Gasteiger partial charge in [-0.2, -0.15) is 5.26 Å². The third-order valence-corrected chi connectivity index (χ3v) is 4.25. The first-order valence-electron chi connectivity index (χ1n) is 7.06. The second-order valence-corrected chi connectivity index (χ2v) is 6.46. The Labute approximate surface area is 134 Å². The summed E-state index contributed by atoms with van der Waals surface area (Å²) in [5, 5.41) is 13.5. The number of esters is 1. The van der Waals surface area contributed by atoms with Gasteiger partial charge in [0.05, 0.1) is 5.92 Å². The molecule has 1 aromatic rings. The largest absolute Gasteiger partial charge is 0.455 e. The number of anilines is 1. The maximum Gasteiger partial charge on any atom is 0.309 e. The summed E-state index contributed by atoms with van der Waals surface area (Å²) in [6.45, 7) is 5.44. The number of nitrogens with one attached hydrogen (secondary N) is 1. The minimum absolute atomic E-state index is 0.0430. The van der Waals surface area contributed by atoms with Crippen molar-refractivity contribution in [1.29, 1.82) is 5.26 Å². The predicted molar refractivity (Wildman–Crippen MR) is 84.2 cm³/mol. The van der Waals surface area contributed by atoms with Gasteiger partial charge in [-0.25, -0.2) is 0 Å². The van der Waals surface area contributed by atoms with Crippen molar-refractivity contribution in [2.75, 3.05) is 11.9 Å². The van der Waals surface area contributed by atoms with Gasteiger partial charge >= 0.3 is 5.97 Å². The Bertz CT molecular complexity index is 628. The summed E-state index contributed by atoms with van der Waals surface area (Å²) in [7, 11) is 0. The Morgan fingerprint density at radius 2 is 2.00 bits per heavy atom. The molecular formula is C16H18N2O3S. The smallest absolute Gasteiger partial charge is 0.309 e. The van der Waals surface area contributed by atoms with E-state index in [2.05, 4.69) is 5.32 Å². The molecule has 0 radical (unpaired) electrons. The summed E-state index contributed by atoms with van der Waals surface area (Å²) in [5.41, 5.74) is 2.43. The van der Waals surface area contributed by atoms with Crippen molar-refractivity contribution in [3.8, 4) is 5.40 Å². The minimum Gasteiger partial charge on any atom is -0.455 e. The number of hydrogen-bond donors (Lipinski definition) is 1. The van der Waals surface area contributed by atoms with Crippen molar-refractivity contribution in [1.82, 2.24) is 0 Å². The lowest BCUT2D eigenvalue weighted by molar-refractivity contribution is -0.148. The molecule has 1 amide bonds. The van der Waals surface area contributed by atoms with Gasteiger partial charge in [-0.15, -0.1) is 0 Å². The van der Waals surface area contributed by atoms with Crippen LogP contribution >= 0.6 is 11.8 Å². The number of nitriles is 1. The average molecular weight is 318 g/mol. The second kappa shape index (κ2) is 6.84. The number of benzene rings is 1. The zero-order chi connectivity index (χ0) is 16.3. The summed E-state index contributed by atoms with van der Waals surface area (Å²) in [6.07, 6.45) is 0.844. The Balaban J connectivity index is 1.94. The summed E-state index contributed by atoms with van der Waals surface area (Å²) < 4.78 is 5.01. The monoisotopic (exact) mass is 318 g/mol. The van der Waals surface area contributed by atoms with Crippen molar-refractivity contribution < 1.29 is 14.3 Å². The van der Waals surface area contributed by atoms with Gasteiger partial charge in [0.15, 0.2) is 6.61 Å². The predicted octanol–water partition coefficient (Wildman–Crippen LogP) is 3.01. The number of thioether (sulfide) groups is 1. The van der Waals surface area contributed by atoms with E-state index in [-0.39, 0.29) is 24.4 Å². The number of hydrogen-bond acceptors (Lipinski definition) is 5. The molecule has 0 unspecified atom stereocenters. The second-order valence-electron chi connectivity index (χ2n) is 5.60. The number of ether oxygens (including phenoxy) is 1. The molecule has 2 rings (SSSR count). The lowest BCUT2D eigenvalue weighted by Gasteiger charge is -2.13. The van der Waals surface area contributed by atoms with Crippen LogP contribution in [0, 0.1) is 36.3 Å². The van der Waals surface area contributed by atoms with Gasteiger partial charge in [-0.3, -0.25) is 9.59 Å². The number of carbonyl (C=O) groups excluding carboxylic acids is 2. The minimum atomic E-state index is -0.353.